The van der Waals surface area contributed by atoms with Gasteiger partial charge >= 0.3 is 6.18 Å². The van der Waals surface area contributed by atoms with E-state index < -0.39 is 11.7 Å². The molecule has 0 spiro atoms. The summed E-state index contributed by atoms with van der Waals surface area (Å²) in [5.41, 5.74) is -0.543. The van der Waals surface area contributed by atoms with E-state index in [1.807, 2.05) is 0 Å². The van der Waals surface area contributed by atoms with Gasteiger partial charge in [0.15, 0.2) is 10.1 Å². The van der Waals surface area contributed by atoms with Crippen LogP contribution in [-0.4, -0.2) is 9.97 Å². The van der Waals surface area contributed by atoms with Crippen LogP contribution in [0.25, 0.3) is 10.3 Å². The lowest BCUT2D eigenvalue weighted by molar-refractivity contribution is -0.137. The lowest BCUT2D eigenvalue weighted by Gasteiger charge is -2.04. The predicted octanol–water partition coefficient (Wildman–Crippen LogP) is 3.36. The summed E-state index contributed by atoms with van der Waals surface area (Å²) in [5.74, 6) is 0. The monoisotopic (exact) mass is 238 g/mol. The maximum absolute atomic E-state index is 12.2. The molecular weight excluding hydrogens is 237 g/mol. The summed E-state index contributed by atoms with van der Waals surface area (Å²) >= 11 is 6.51. The molecule has 0 unspecified atom stereocenters. The third-order valence-corrected chi connectivity index (χ3v) is 2.64. The maximum atomic E-state index is 12.2. The van der Waals surface area contributed by atoms with E-state index in [4.69, 9.17) is 11.6 Å². The Morgan fingerprint density at radius 3 is 2.71 bits per heavy atom. The number of nitrogens with zero attached hydrogens (tertiary/aromatic N) is 2. The third-order valence-electron chi connectivity index (χ3n) is 1.55. The standard InChI is InChI=1S/C7H2ClF3N2S/c8-6-13-5-4(14-6)1-3(2-12-5)7(9,10)11/h1-2H. The lowest BCUT2D eigenvalue weighted by Crippen LogP contribution is -2.04. The second-order valence-electron chi connectivity index (χ2n) is 2.51. The molecule has 0 N–H and O–H groups in total. The van der Waals surface area contributed by atoms with Gasteiger partial charge in [-0.05, 0) is 6.07 Å². The number of alkyl halides is 3. The average Bonchev–Trinajstić information content (AvgIpc) is 2.41. The van der Waals surface area contributed by atoms with Gasteiger partial charge in [-0.15, -0.1) is 11.3 Å². The number of pyridine rings is 1. The second-order valence-corrected chi connectivity index (χ2v) is 4.12. The fourth-order valence-corrected chi connectivity index (χ4v) is 1.97. The third kappa shape index (κ3) is 1.67. The van der Waals surface area contributed by atoms with Crippen LogP contribution in [0, 0.1) is 0 Å². The van der Waals surface area contributed by atoms with Gasteiger partial charge in [-0.1, -0.05) is 11.6 Å². The number of aromatic nitrogens is 2. The van der Waals surface area contributed by atoms with Crippen molar-refractivity contribution >= 4 is 33.3 Å². The summed E-state index contributed by atoms with van der Waals surface area (Å²) in [5, 5.41) is 0. The molecule has 2 aromatic heterocycles. The lowest BCUT2D eigenvalue weighted by atomic mass is 10.3. The minimum atomic E-state index is -4.38. The van der Waals surface area contributed by atoms with Crippen LogP contribution in [0.2, 0.25) is 4.47 Å². The molecule has 0 aliphatic rings. The van der Waals surface area contributed by atoms with Crippen molar-refractivity contribution in [1.82, 2.24) is 9.97 Å². The van der Waals surface area contributed by atoms with Crippen molar-refractivity contribution < 1.29 is 13.2 Å². The molecule has 74 valence electrons. The van der Waals surface area contributed by atoms with Crippen molar-refractivity contribution in [2.75, 3.05) is 0 Å². The first-order valence-electron chi connectivity index (χ1n) is 3.46. The van der Waals surface area contributed by atoms with E-state index in [1.165, 1.54) is 0 Å². The van der Waals surface area contributed by atoms with Crippen LogP contribution in [0.4, 0.5) is 13.2 Å². The Morgan fingerprint density at radius 1 is 1.36 bits per heavy atom. The normalized spacial score (nSPS) is 12.3. The highest BCUT2D eigenvalue weighted by Gasteiger charge is 2.31. The van der Waals surface area contributed by atoms with Crippen molar-refractivity contribution in [2.45, 2.75) is 6.18 Å². The molecule has 2 rings (SSSR count). The van der Waals surface area contributed by atoms with Crippen LogP contribution in [0.15, 0.2) is 12.3 Å². The van der Waals surface area contributed by atoms with Gasteiger partial charge in [0.05, 0.1) is 10.3 Å². The number of hydrogen-bond acceptors (Lipinski definition) is 3. The van der Waals surface area contributed by atoms with E-state index in [0.29, 0.717) is 4.70 Å². The molecule has 2 nitrogen and oxygen atoms in total. The minimum absolute atomic E-state index is 0.187. The number of thiazole rings is 1. The van der Waals surface area contributed by atoms with Gasteiger partial charge < -0.3 is 0 Å². The summed E-state index contributed by atoms with van der Waals surface area (Å²) in [6.45, 7) is 0. The molecule has 0 aromatic carbocycles. The van der Waals surface area contributed by atoms with Crippen LogP contribution in [0.3, 0.4) is 0 Å². The Hall–Kier alpha value is -0.880. The van der Waals surface area contributed by atoms with Crippen molar-refractivity contribution in [2.24, 2.45) is 0 Å². The Bertz CT molecular complexity index is 479. The van der Waals surface area contributed by atoms with Crippen molar-refractivity contribution in [3.8, 4) is 0 Å². The van der Waals surface area contributed by atoms with Crippen molar-refractivity contribution in [1.29, 1.82) is 0 Å². The van der Waals surface area contributed by atoms with Crippen LogP contribution in [0.1, 0.15) is 5.56 Å². The molecule has 0 atom stereocenters. The summed E-state index contributed by atoms with van der Waals surface area (Å²) in [4.78, 5) is 7.31. The molecule has 2 aromatic rings. The molecule has 2 heterocycles. The zero-order valence-corrected chi connectivity index (χ0v) is 8.04. The van der Waals surface area contributed by atoms with Gasteiger partial charge in [0, 0.05) is 6.20 Å². The van der Waals surface area contributed by atoms with E-state index in [1.54, 1.807) is 0 Å². The fraction of sp³-hybridized carbons (Fsp3) is 0.143. The zero-order valence-electron chi connectivity index (χ0n) is 6.47. The van der Waals surface area contributed by atoms with E-state index in [0.717, 1.165) is 23.6 Å². The van der Waals surface area contributed by atoms with Crippen LogP contribution in [-0.2, 0) is 6.18 Å². The number of rotatable bonds is 0. The summed E-state index contributed by atoms with van der Waals surface area (Å²) in [6, 6.07) is 0.992. The SMILES string of the molecule is FC(F)(F)c1cnc2nc(Cl)sc2c1. The van der Waals surface area contributed by atoms with Gasteiger partial charge in [-0.25, -0.2) is 9.97 Å². The summed E-state index contributed by atoms with van der Waals surface area (Å²) in [6.07, 6.45) is -3.63. The van der Waals surface area contributed by atoms with E-state index in [-0.39, 0.29) is 10.1 Å². The molecule has 0 fully saturated rings. The summed E-state index contributed by atoms with van der Waals surface area (Å²) < 4.78 is 37.2. The topological polar surface area (TPSA) is 25.8 Å². The molecule has 0 saturated heterocycles. The minimum Gasteiger partial charge on any atom is -0.235 e. The largest absolute Gasteiger partial charge is 0.417 e. The Morgan fingerprint density at radius 2 is 2.07 bits per heavy atom. The van der Waals surface area contributed by atoms with Gasteiger partial charge in [0.2, 0.25) is 0 Å². The van der Waals surface area contributed by atoms with Gasteiger partial charge in [0.25, 0.3) is 0 Å². The first-order valence-corrected chi connectivity index (χ1v) is 4.65. The molecule has 14 heavy (non-hydrogen) atoms. The van der Waals surface area contributed by atoms with Crippen molar-refractivity contribution in [3.63, 3.8) is 0 Å². The van der Waals surface area contributed by atoms with E-state index in [2.05, 4.69) is 9.97 Å². The highest BCUT2D eigenvalue weighted by atomic mass is 35.5. The maximum Gasteiger partial charge on any atom is 0.417 e. The Kier molecular flexibility index (Phi) is 2.11. The molecule has 0 aliphatic carbocycles. The highest BCUT2D eigenvalue weighted by molar-refractivity contribution is 7.22. The molecule has 0 bridgehead atoms. The average molecular weight is 239 g/mol. The first kappa shape index (κ1) is 9.67. The predicted molar refractivity (Wildman–Crippen MR) is 47.4 cm³/mol. The number of halogens is 4. The second kappa shape index (κ2) is 3.06. The fourth-order valence-electron chi connectivity index (χ4n) is 0.948. The highest BCUT2D eigenvalue weighted by Crippen LogP contribution is 2.32. The summed E-state index contributed by atoms with van der Waals surface area (Å²) in [7, 11) is 0. The van der Waals surface area contributed by atoms with Crippen molar-refractivity contribution in [3.05, 3.63) is 22.3 Å². The van der Waals surface area contributed by atoms with Gasteiger partial charge in [-0.2, -0.15) is 13.2 Å². The molecule has 0 amide bonds. The molecule has 0 radical (unpaired) electrons. The van der Waals surface area contributed by atoms with Crippen LogP contribution in [0.5, 0.6) is 0 Å². The zero-order chi connectivity index (χ0) is 10.3. The molecular formula is C7H2ClF3N2S. The van der Waals surface area contributed by atoms with E-state index in [9.17, 15) is 13.2 Å². The molecule has 0 saturated carbocycles. The molecule has 7 heteroatoms. The van der Waals surface area contributed by atoms with E-state index >= 15 is 0 Å². The van der Waals surface area contributed by atoms with Crippen LogP contribution < -0.4 is 0 Å². The van der Waals surface area contributed by atoms with Gasteiger partial charge in [-0.3, -0.25) is 0 Å². The first-order chi connectivity index (χ1) is 6.47. The number of hydrogen-bond donors (Lipinski definition) is 0. The quantitative estimate of drug-likeness (QED) is 0.703. The Balaban J connectivity index is 2.62. The number of fused-ring (bicyclic) bond motifs is 1. The van der Waals surface area contributed by atoms with Gasteiger partial charge in [0.1, 0.15) is 0 Å². The Labute approximate surface area is 85.4 Å². The molecule has 0 aliphatic heterocycles. The van der Waals surface area contributed by atoms with Crippen LogP contribution >= 0.6 is 22.9 Å². The smallest absolute Gasteiger partial charge is 0.235 e.